The molecule has 0 aliphatic heterocycles. The van der Waals surface area contributed by atoms with Crippen molar-refractivity contribution in [2.75, 3.05) is 13.2 Å². The van der Waals surface area contributed by atoms with Gasteiger partial charge in [-0.15, -0.1) is 0 Å². The first kappa shape index (κ1) is 20.3. The second-order valence-corrected chi connectivity index (χ2v) is 6.37. The Morgan fingerprint density at radius 3 is 2.50 bits per heavy atom. The summed E-state index contributed by atoms with van der Waals surface area (Å²) in [5.74, 6) is 0.105. The zero-order chi connectivity index (χ0) is 17.9. The highest BCUT2D eigenvalue weighted by atomic mass is 16.3. The number of aliphatic hydroxyl groups excluding tert-OH is 1. The van der Waals surface area contributed by atoms with Crippen LogP contribution >= 0.6 is 0 Å². The van der Waals surface area contributed by atoms with Crippen LogP contribution in [0, 0.1) is 11.8 Å². The molecule has 0 radical (unpaired) electrons. The van der Waals surface area contributed by atoms with E-state index in [9.17, 15) is 20.1 Å². The second-order valence-electron chi connectivity index (χ2n) is 6.37. The summed E-state index contributed by atoms with van der Waals surface area (Å²) >= 11 is 0. The number of hydrogen-bond donors (Lipinski definition) is 4. The van der Waals surface area contributed by atoms with Crippen LogP contribution in [0.3, 0.4) is 0 Å². The number of aromatic hydroxyl groups is 2. The number of carbonyl (C=O) groups excluding carboxylic acids is 1. The Hall–Kier alpha value is -1.75. The van der Waals surface area contributed by atoms with Crippen molar-refractivity contribution in [3.8, 4) is 11.5 Å². The van der Waals surface area contributed by atoms with Crippen LogP contribution in [0.4, 0.5) is 0 Å². The van der Waals surface area contributed by atoms with E-state index in [1.54, 1.807) is 6.07 Å². The van der Waals surface area contributed by atoms with Crippen LogP contribution in [-0.4, -0.2) is 34.4 Å². The highest BCUT2D eigenvalue weighted by Crippen LogP contribution is 2.26. The molecule has 5 heteroatoms. The zero-order valence-electron chi connectivity index (χ0n) is 14.8. The van der Waals surface area contributed by atoms with Gasteiger partial charge in [-0.05, 0) is 36.8 Å². The molecule has 1 aromatic rings. The summed E-state index contributed by atoms with van der Waals surface area (Å²) < 4.78 is 0. The van der Waals surface area contributed by atoms with Crippen LogP contribution in [0.2, 0.25) is 0 Å². The maximum absolute atomic E-state index is 12.4. The van der Waals surface area contributed by atoms with Gasteiger partial charge in [-0.3, -0.25) is 4.79 Å². The van der Waals surface area contributed by atoms with Crippen molar-refractivity contribution in [3.05, 3.63) is 23.8 Å². The molecule has 0 aliphatic rings. The van der Waals surface area contributed by atoms with Crippen molar-refractivity contribution < 1.29 is 20.1 Å². The number of phenolic OH excluding ortho intramolecular Hbond substituents is 2. The summed E-state index contributed by atoms with van der Waals surface area (Å²) in [7, 11) is 0. The summed E-state index contributed by atoms with van der Waals surface area (Å²) in [5.41, 5.74) is 0.596. The molecule has 2 atom stereocenters. The predicted molar refractivity (Wildman–Crippen MR) is 95.0 cm³/mol. The fraction of sp³-hybridized carbons (Fsp3) is 0.632. The molecule has 4 N–H and O–H groups in total. The standard InChI is InChI=1S/C19H31NO4/c1-3-5-14(4-2)8-10-20-19(24)16(9-11-21)12-15-6-7-17(22)13-18(15)23/h6-7,13-14,16,21-23H,3-5,8-12H2,1-2H3,(H,20,24). The summed E-state index contributed by atoms with van der Waals surface area (Å²) in [5, 5.41) is 31.4. The first-order valence-corrected chi connectivity index (χ1v) is 8.91. The molecule has 0 saturated heterocycles. The van der Waals surface area contributed by atoms with E-state index in [0.717, 1.165) is 19.3 Å². The van der Waals surface area contributed by atoms with E-state index in [2.05, 4.69) is 19.2 Å². The van der Waals surface area contributed by atoms with Crippen LogP contribution in [0.25, 0.3) is 0 Å². The minimum absolute atomic E-state index is 0.0130. The van der Waals surface area contributed by atoms with Gasteiger partial charge in [-0.25, -0.2) is 0 Å². The molecule has 0 bridgehead atoms. The van der Waals surface area contributed by atoms with Crippen LogP contribution in [-0.2, 0) is 11.2 Å². The molecule has 1 aromatic carbocycles. The predicted octanol–water partition coefficient (Wildman–Crippen LogP) is 2.97. The number of carbonyl (C=O) groups is 1. The molecule has 0 aromatic heterocycles. The third-order valence-electron chi connectivity index (χ3n) is 4.51. The first-order valence-electron chi connectivity index (χ1n) is 8.91. The molecule has 0 fully saturated rings. The number of benzene rings is 1. The Balaban J connectivity index is 2.58. The van der Waals surface area contributed by atoms with Crippen LogP contribution in [0.5, 0.6) is 11.5 Å². The van der Waals surface area contributed by atoms with Gasteiger partial charge < -0.3 is 20.6 Å². The maximum Gasteiger partial charge on any atom is 0.223 e. The van der Waals surface area contributed by atoms with Gasteiger partial charge in [0, 0.05) is 25.1 Å². The number of aliphatic hydroxyl groups is 1. The van der Waals surface area contributed by atoms with Crippen molar-refractivity contribution in [3.63, 3.8) is 0 Å². The monoisotopic (exact) mass is 337 g/mol. The maximum atomic E-state index is 12.4. The van der Waals surface area contributed by atoms with E-state index in [4.69, 9.17) is 0 Å². The molecule has 0 saturated carbocycles. The van der Waals surface area contributed by atoms with Gasteiger partial charge in [0.25, 0.3) is 0 Å². The van der Waals surface area contributed by atoms with Crippen molar-refractivity contribution in [2.45, 2.75) is 52.4 Å². The largest absolute Gasteiger partial charge is 0.508 e. The molecule has 0 heterocycles. The van der Waals surface area contributed by atoms with Crippen molar-refractivity contribution in [1.82, 2.24) is 5.32 Å². The highest BCUT2D eigenvalue weighted by Gasteiger charge is 2.20. The molecule has 0 spiro atoms. The lowest BCUT2D eigenvalue weighted by Crippen LogP contribution is -2.34. The van der Waals surface area contributed by atoms with Crippen LogP contribution in [0.1, 0.15) is 51.5 Å². The topological polar surface area (TPSA) is 89.8 Å². The lowest BCUT2D eigenvalue weighted by molar-refractivity contribution is -0.125. The van der Waals surface area contributed by atoms with Crippen LogP contribution in [0.15, 0.2) is 18.2 Å². The van der Waals surface area contributed by atoms with Crippen molar-refractivity contribution in [1.29, 1.82) is 0 Å². The van der Waals surface area contributed by atoms with Gasteiger partial charge in [-0.1, -0.05) is 39.2 Å². The van der Waals surface area contributed by atoms with Crippen LogP contribution < -0.4 is 5.32 Å². The number of amides is 1. The average Bonchev–Trinajstić information content (AvgIpc) is 2.55. The molecule has 1 rings (SSSR count). The number of nitrogens with one attached hydrogen (secondary N) is 1. The van der Waals surface area contributed by atoms with E-state index >= 15 is 0 Å². The fourth-order valence-corrected chi connectivity index (χ4v) is 2.98. The van der Waals surface area contributed by atoms with Crippen molar-refractivity contribution >= 4 is 5.91 Å². The normalized spacial score (nSPS) is 13.5. The Labute approximate surface area is 144 Å². The molecular weight excluding hydrogens is 306 g/mol. The minimum Gasteiger partial charge on any atom is -0.508 e. The summed E-state index contributed by atoms with van der Waals surface area (Å²) in [4.78, 5) is 12.4. The third kappa shape index (κ3) is 6.79. The number of phenols is 2. The molecule has 136 valence electrons. The molecule has 0 aliphatic carbocycles. The Kier molecular flexibility index (Phi) is 9.23. The van der Waals surface area contributed by atoms with E-state index in [1.807, 2.05) is 0 Å². The Morgan fingerprint density at radius 2 is 1.92 bits per heavy atom. The van der Waals surface area contributed by atoms with Gasteiger partial charge in [0.15, 0.2) is 0 Å². The van der Waals surface area contributed by atoms with Gasteiger partial charge in [0.1, 0.15) is 11.5 Å². The Bertz CT molecular complexity index is 504. The van der Waals surface area contributed by atoms with Gasteiger partial charge in [0.2, 0.25) is 5.91 Å². The SMILES string of the molecule is CCCC(CC)CCNC(=O)C(CCO)Cc1ccc(O)cc1O. The van der Waals surface area contributed by atoms with Gasteiger partial charge >= 0.3 is 0 Å². The minimum atomic E-state index is -0.392. The summed E-state index contributed by atoms with van der Waals surface area (Å²) in [6.07, 6.45) is 5.09. The van der Waals surface area contributed by atoms with E-state index < -0.39 is 5.92 Å². The summed E-state index contributed by atoms with van der Waals surface area (Å²) in [6, 6.07) is 4.36. The smallest absolute Gasteiger partial charge is 0.223 e. The first-order chi connectivity index (χ1) is 11.5. The second kappa shape index (κ2) is 10.9. The van der Waals surface area contributed by atoms with E-state index in [0.29, 0.717) is 30.9 Å². The molecular formula is C19H31NO4. The van der Waals surface area contributed by atoms with Crippen molar-refractivity contribution in [2.24, 2.45) is 11.8 Å². The highest BCUT2D eigenvalue weighted by molar-refractivity contribution is 5.79. The molecule has 1 amide bonds. The fourth-order valence-electron chi connectivity index (χ4n) is 2.98. The lowest BCUT2D eigenvalue weighted by Gasteiger charge is -2.18. The third-order valence-corrected chi connectivity index (χ3v) is 4.51. The summed E-state index contributed by atoms with van der Waals surface area (Å²) in [6.45, 7) is 4.90. The molecule has 2 unspecified atom stereocenters. The molecule has 5 nitrogen and oxygen atoms in total. The lowest BCUT2D eigenvalue weighted by atomic mass is 9.94. The van der Waals surface area contributed by atoms with E-state index in [1.165, 1.54) is 18.6 Å². The average molecular weight is 337 g/mol. The zero-order valence-corrected chi connectivity index (χ0v) is 14.8. The Morgan fingerprint density at radius 1 is 1.17 bits per heavy atom. The number of rotatable bonds is 11. The number of hydrogen-bond acceptors (Lipinski definition) is 4. The van der Waals surface area contributed by atoms with Gasteiger partial charge in [0.05, 0.1) is 0 Å². The van der Waals surface area contributed by atoms with E-state index in [-0.39, 0.29) is 24.0 Å². The van der Waals surface area contributed by atoms with Gasteiger partial charge in [-0.2, -0.15) is 0 Å². The quantitative estimate of drug-likeness (QED) is 0.500. The molecule has 24 heavy (non-hydrogen) atoms.